The Morgan fingerprint density at radius 2 is 2.00 bits per heavy atom. The van der Waals surface area contributed by atoms with Gasteiger partial charge in [-0.05, 0) is 13.0 Å². The number of imide groups is 1. The molecule has 4 rings (SSSR count). The van der Waals surface area contributed by atoms with Gasteiger partial charge in [-0.25, -0.2) is 4.90 Å². The highest BCUT2D eigenvalue weighted by atomic mass is 16.6. The molecular weight excluding hydrogens is 288 g/mol. The van der Waals surface area contributed by atoms with E-state index in [0.717, 1.165) is 4.90 Å². The van der Waals surface area contributed by atoms with E-state index in [1.807, 2.05) is 0 Å². The highest BCUT2D eigenvalue weighted by Gasteiger charge is 2.66. The minimum atomic E-state index is -0.805. The zero-order valence-corrected chi connectivity index (χ0v) is 11.6. The largest absolute Gasteiger partial charge is 0.362 e. The first-order valence-corrected chi connectivity index (χ1v) is 6.92. The average Bonchev–Trinajstić information content (AvgIpc) is 3.08. The topological polar surface area (TPSA) is 89.8 Å². The van der Waals surface area contributed by atoms with Crippen molar-refractivity contribution in [2.24, 2.45) is 11.8 Å². The van der Waals surface area contributed by atoms with Crippen LogP contribution in [-0.4, -0.2) is 28.4 Å². The number of carbonyl (C=O) groups excluding carboxylic acids is 2. The van der Waals surface area contributed by atoms with E-state index in [9.17, 15) is 19.7 Å². The molecule has 3 aliphatic rings. The summed E-state index contributed by atoms with van der Waals surface area (Å²) in [4.78, 5) is 36.9. The van der Waals surface area contributed by atoms with Crippen LogP contribution in [-0.2, 0) is 14.3 Å². The number of hydrogen-bond acceptors (Lipinski definition) is 5. The standard InChI is InChI=1S/C15H12N2O5/c1-15-7-6-10(22-15)11-12(15)14(19)16(13(11)18)8-4-2-3-5-9(8)17(20)21/h2-7,10-12H,1H3/t10-,11+,12+,15+/m0/s1. The molecule has 4 atom stereocenters. The third-order valence-electron chi connectivity index (χ3n) is 4.65. The lowest BCUT2D eigenvalue weighted by Crippen LogP contribution is -2.38. The number of ether oxygens (including phenoxy) is 1. The van der Waals surface area contributed by atoms with Gasteiger partial charge in [0.2, 0.25) is 11.8 Å². The van der Waals surface area contributed by atoms with Crippen LogP contribution in [0.1, 0.15) is 6.92 Å². The predicted octanol–water partition coefficient (Wildman–Crippen LogP) is 1.43. The van der Waals surface area contributed by atoms with Gasteiger partial charge >= 0.3 is 0 Å². The lowest BCUT2D eigenvalue weighted by Gasteiger charge is -2.23. The summed E-state index contributed by atoms with van der Waals surface area (Å²) in [5, 5.41) is 11.2. The molecular formula is C15H12N2O5. The van der Waals surface area contributed by atoms with Gasteiger partial charge in [0.25, 0.3) is 5.69 Å². The van der Waals surface area contributed by atoms with Crippen molar-refractivity contribution in [3.8, 4) is 0 Å². The van der Waals surface area contributed by atoms with E-state index in [1.54, 1.807) is 25.1 Å². The summed E-state index contributed by atoms with van der Waals surface area (Å²) in [5.41, 5.74) is -1.03. The molecule has 0 aromatic heterocycles. The minimum Gasteiger partial charge on any atom is -0.362 e. The predicted molar refractivity (Wildman–Crippen MR) is 75.0 cm³/mol. The van der Waals surface area contributed by atoms with Crippen molar-refractivity contribution in [2.45, 2.75) is 18.6 Å². The highest BCUT2D eigenvalue weighted by Crippen LogP contribution is 2.52. The maximum atomic E-state index is 12.7. The fourth-order valence-electron chi connectivity index (χ4n) is 3.70. The Kier molecular flexibility index (Phi) is 2.40. The van der Waals surface area contributed by atoms with Gasteiger partial charge in [0, 0.05) is 6.07 Å². The molecule has 22 heavy (non-hydrogen) atoms. The van der Waals surface area contributed by atoms with E-state index in [2.05, 4.69) is 0 Å². The van der Waals surface area contributed by atoms with Gasteiger partial charge < -0.3 is 4.74 Å². The summed E-state index contributed by atoms with van der Waals surface area (Å²) in [6, 6.07) is 5.79. The highest BCUT2D eigenvalue weighted by molar-refractivity contribution is 6.24. The molecule has 3 aliphatic heterocycles. The summed E-state index contributed by atoms with van der Waals surface area (Å²) in [6.07, 6.45) is 3.15. The van der Waals surface area contributed by atoms with Crippen molar-refractivity contribution in [2.75, 3.05) is 4.90 Å². The molecule has 2 saturated heterocycles. The van der Waals surface area contributed by atoms with Crippen LogP contribution >= 0.6 is 0 Å². The Labute approximate surface area is 125 Å². The molecule has 112 valence electrons. The van der Waals surface area contributed by atoms with E-state index in [4.69, 9.17) is 4.74 Å². The molecule has 7 heteroatoms. The van der Waals surface area contributed by atoms with Crippen molar-refractivity contribution >= 4 is 23.2 Å². The smallest absolute Gasteiger partial charge is 0.293 e. The first-order chi connectivity index (χ1) is 10.4. The molecule has 0 spiro atoms. The molecule has 2 amide bonds. The second kappa shape index (κ2) is 4.01. The summed E-state index contributed by atoms with van der Waals surface area (Å²) < 4.78 is 5.72. The zero-order chi connectivity index (χ0) is 15.6. The van der Waals surface area contributed by atoms with Gasteiger partial charge in [-0.15, -0.1) is 0 Å². The van der Waals surface area contributed by atoms with E-state index in [1.165, 1.54) is 18.2 Å². The summed E-state index contributed by atoms with van der Waals surface area (Å²) >= 11 is 0. The number of nitrogens with zero attached hydrogens (tertiary/aromatic N) is 2. The van der Waals surface area contributed by atoms with Crippen LogP contribution in [0.15, 0.2) is 36.4 Å². The van der Waals surface area contributed by atoms with Crippen molar-refractivity contribution in [1.82, 2.24) is 0 Å². The van der Waals surface area contributed by atoms with Crippen LogP contribution in [0, 0.1) is 22.0 Å². The van der Waals surface area contributed by atoms with Gasteiger partial charge in [0.05, 0.1) is 28.5 Å². The molecule has 0 aliphatic carbocycles. The summed E-state index contributed by atoms with van der Waals surface area (Å²) in [5.74, 6) is -2.07. The van der Waals surface area contributed by atoms with Gasteiger partial charge in [0.15, 0.2) is 0 Å². The molecule has 2 bridgehead atoms. The molecule has 1 aromatic carbocycles. The molecule has 3 heterocycles. The fourth-order valence-corrected chi connectivity index (χ4v) is 3.70. The van der Waals surface area contributed by atoms with Crippen molar-refractivity contribution < 1.29 is 19.2 Å². The number of benzene rings is 1. The lowest BCUT2D eigenvalue weighted by molar-refractivity contribution is -0.384. The van der Waals surface area contributed by atoms with E-state index < -0.39 is 40.3 Å². The second-order valence-electron chi connectivity index (χ2n) is 5.89. The van der Waals surface area contributed by atoms with Gasteiger partial charge in [0.1, 0.15) is 5.69 Å². The number of para-hydroxylation sites is 2. The number of carbonyl (C=O) groups is 2. The Bertz CT molecular complexity index is 758. The number of hydrogen-bond donors (Lipinski definition) is 0. The van der Waals surface area contributed by atoms with Crippen LogP contribution in [0.2, 0.25) is 0 Å². The average molecular weight is 300 g/mol. The van der Waals surface area contributed by atoms with E-state index in [0.29, 0.717) is 0 Å². The van der Waals surface area contributed by atoms with Crippen molar-refractivity contribution in [3.05, 3.63) is 46.5 Å². The van der Waals surface area contributed by atoms with Crippen LogP contribution < -0.4 is 4.90 Å². The number of nitro groups is 1. The van der Waals surface area contributed by atoms with Crippen molar-refractivity contribution in [1.29, 1.82) is 0 Å². The Balaban J connectivity index is 1.82. The molecule has 2 fully saturated rings. The summed E-state index contributed by atoms with van der Waals surface area (Å²) in [7, 11) is 0. The van der Waals surface area contributed by atoms with E-state index >= 15 is 0 Å². The molecule has 7 nitrogen and oxygen atoms in total. The van der Waals surface area contributed by atoms with Crippen LogP contribution in [0.4, 0.5) is 11.4 Å². The third-order valence-corrected chi connectivity index (χ3v) is 4.65. The zero-order valence-electron chi connectivity index (χ0n) is 11.6. The third kappa shape index (κ3) is 1.43. The SMILES string of the molecule is C[C@]12C=C[C@H](O1)[C@H]1C(=O)N(c3ccccc3[N+](=O)[O-])C(=O)[C@@H]12. The fraction of sp³-hybridized carbons (Fsp3) is 0.333. The Morgan fingerprint density at radius 1 is 1.27 bits per heavy atom. The Morgan fingerprint density at radius 3 is 2.68 bits per heavy atom. The maximum absolute atomic E-state index is 12.7. The molecule has 0 N–H and O–H groups in total. The molecule has 0 saturated carbocycles. The number of fused-ring (bicyclic) bond motifs is 5. The van der Waals surface area contributed by atoms with Gasteiger partial charge in [-0.3, -0.25) is 19.7 Å². The van der Waals surface area contributed by atoms with Crippen LogP contribution in [0.3, 0.4) is 0 Å². The first kappa shape index (κ1) is 13.1. The monoisotopic (exact) mass is 300 g/mol. The number of rotatable bonds is 2. The molecule has 0 unspecified atom stereocenters. The minimum absolute atomic E-state index is 0.0277. The van der Waals surface area contributed by atoms with Gasteiger partial charge in [-0.2, -0.15) is 0 Å². The maximum Gasteiger partial charge on any atom is 0.293 e. The quantitative estimate of drug-likeness (QED) is 0.357. The second-order valence-corrected chi connectivity index (χ2v) is 5.89. The Hall–Kier alpha value is -2.54. The number of anilines is 1. The van der Waals surface area contributed by atoms with Crippen molar-refractivity contribution in [3.63, 3.8) is 0 Å². The summed E-state index contributed by atoms with van der Waals surface area (Å²) in [6.45, 7) is 1.77. The number of nitro benzene ring substituents is 1. The normalized spacial score (nSPS) is 35.3. The molecule has 1 aromatic rings. The number of amides is 2. The van der Waals surface area contributed by atoms with Crippen LogP contribution in [0.5, 0.6) is 0 Å². The van der Waals surface area contributed by atoms with E-state index in [-0.39, 0.29) is 11.4 Å². The van der Waals surface area contributed by atoms with Crippen LogP contribution in [0.25, 0.3) is 0 Å². The van der Waals surface area contributed by atoms with Gasteiger partial charge in [-0.1, -0.05) is 24.3 Å². The lowest BCUT2D eigenvalue weighted by atomic mass is 9.78. The first-order valence-electron chi connectivity index (χ1n) is 6.92. The molecule has 0 radical (unpaired) electrons.